The Balaban J connectivity index is 1.76. The van der Waals surface area contributed by atoms with Gasteiger partial charge in [-0.3, -0.25) is 0 Å². The molecule has 2 rings (SSSR count). The third-order valence-electron chi connectivity index (χ3n) is 4.06. The van der Waals surface area contributed by atoms with Gasteiger partial charge >= 0.3 is 0 Å². The summed E-state index contributed by atoms with van der Waals surface area (Å²) in [7, 11) is 0. The number of likely N-dealkylation sites (tertiary alicyclic amines) is 1. The van der Waals surface area contributed by atoms with Crippen LogP contribution in [0.5, 0.6) is 0 Å². The summed E-state index contributed by atoms with van der Waals surface area (Å²) in [4.78, 5) is 2.52. The zero-order chi connectivity index (χ0) is 15.2. The van der Waals surface area contributed by atoms with Crippen LogP contribution in [0, 0.1) is 5.82 Å². The molecule has 1 unspecified atom stereocenters. The van der Waals surface area contributed by atoms with E-state index in [2.05, 4.69) is 10.2 Å². The predicted molar refractivity (Wildman–Crippen MR) is 87.7 cm³/mol. The maximum atomic E-state index is 13.5. The standard InChI is InChI=1S/C16H23Cl2FN2/c1-12(13-10-16(19)15(18)11-14(13)17)20-6-5-9-21-7-3-2-4-8-21/h10-12,20H,2-9H2,1H3. The average molecular weight is 333 g/mol. The first-order valence-electron chi connectivity index (χ1n) is 7.68. The van der Waals surface area contributed by atoms with Gasteiger partial charge in [-0.05, 0) is 70.1 Å². The van der Waals surface area contributed by atoms with Gasteiger partial charge in [0.15, 0.2) is 0 Å². The van der Waals surface area contributed by atoms with Crippen molar-refractivity contribution in [1.29, 1.82) is 0 Å². The molecule has 1 saturated heterocycles. The molecule has 1 heterocycles. The van der Waals surface area contributed by atoms with Gasteiger partial charge in [-0.15, -0.1) is 0 Å². The number of hydrogen-bond acceptors (Lipinski definition) is 2. The van der Waals surface area contributed by atoms with Gasteiger partial charge in [-0.1, -0.05) is 29.6 Å². The predicted octanol–water partition coefficient (Wildman–Crippen LogP) is 4.66. The molecule has 1 aliphatic rings. The highest BCUT2D eigenvalue weighted by atomic mass is 35.5. The van der Waals surface area contributed by atoms with Crippen molar-refractivity contribution >= 4 is 23.2 Å². The number of rotatable bonds is 6. The van der Waals surface area contributed by atoms with E-state index < -0.39 is 5.82 Å². The SMILES string of the molecule is CC(NCCCN1CCCCC1)c1cc(F)c(Cl)cc1Cl. The Morgan fingerprint density at radius 1 is 1.19 bits per heavy atom. The van der Waals surface area contributed by atoms with Crippen LogP contribution in [0.3, 0.4) is 0 Å². The minimum atomic E-state index is -0.418. The lowest BCUT2D eigenvalue weighted by molar-refractivity contribution is 0.225. The molecule has 0 saturated carbocycles. The minimum absolute atomic E-state index is 0.0191. The fraction of sp³-hybridized carbons (Fsp3) is 0.625. The van der Waals surface area contributed by atoms with E-state index in [1.165, 1.54) is 44.5 Å². The summed E-state index contributed by atoms with van der Waals surface area (Å²) in [5, 5.41) is 3.99. The molecule has 0 radical (unpaired) electrons. The Morgan fingerprint density at radius 3 is 2.62 bits per heavy atom. The monoisotopic (exact) mass is 332 g/mol. The Kier molecular flexibility index (Phi) is 6.74. The summed E-state index contributed by atoms with van der Waals surface area (Å²) in [5.41, 5.74) is 0.761. The lowest BCUT2D eigenvalue weighted by Gasteiger charge is -2.26. The second-order valence-corrected chi connectivity index (χ2v) is 6.53. The van der Waals surface area contributed by atoms with Crippen LogP contribution in [0.4, 0.5) is 4.39 Å². The van der Waals surface area contributed by atoms with Crippen LogP contribution in [0.15, 0.2) is 12.1 Å². The van der Waals surface area contributed by atoms with Gasteiger partial charge < -0.3 is 10.2 Å². The minimum Gasteiger partial charge on any atom is -0.310 e. The average Bonchev–Trinajstić information content (AvgIpc) is 2.48. The second kappa shape index (κ2) is 8.33. The zero-order valence-electron chi connectivity index (χ0n) is 12.5. The molecule has 21 heavy (non-hydrogen) atoms. The van der Waals surface area contributed by atoms with Crippen LogP contribution < -0.4 is 5.32 Å². The summed E-state index contributed by atoms with van der Waals surface area (Å²) in [6, 6.07) is 2.91. The smallest absolute Gasteiger partial charge is 0.142 e. The lowest BCUT2D eigenvalue weighted by atomic mass is 10.1. The van der Waals surface area contributed by atoms with Crippen LogP contribution in [0.2, 0.25) is 10.0 Å². The zero-order valence-corrected chi connectivity index (χ0v) is 14.0. The Hall–Kier alpha value is -0.350. The molecule has 5 heteroatoms. The molecule has 0 bridgehead atoms. The summed E-state index contributed by atoms with van der Waals surface area (Å²) in [6.07, 6.45) is 5.11. The summed E-state index contributed by atoms with van der Waals surface area (Å²) in [5.74, 6) is -0.418. The van der Waals surface area contributed by atoms with Crippen LogP contribution in [-0.2, 0) is 0 Å². The first-order chi connectivity index (χ1) is 10.1. The number of piperidine rings is 1. The molecule has 0 aromatic heterocycles. The fourth-order valence-corrected chi connectivity index (χ4v) is 3.33. The molecule has 0 spiro atoms. The van der Waals surface area contributed by atoms with Gasteiger partial charge in [0.1, 0.15) is 5.82 Å². The van der Waals surface area contributed by atoms with Gasteiger partial charge in [-0.2, -0.15) is 0 Å². The summed E-state index contributed by atoms with van der Waals surface area (Å²) >= 11 is 11.8. The van der Waals surface area contributed by atoms with Crippen LogP contribution in [0.1, 0.15) is 44.2 Å². The second-order valence-electron chi connectivity index (χ2n) is 5.72. The quantitative estimate of drug-likeness (QED) is 0.602. The Morgan fingerprint density at radius 2 is 1.90 bits per heavy atom. The largest absolute Gasteiger partial charge is 0.310 e. The first kappa shape index (κ1) is 17.0. The Labute approximate surface area is 136 Å². The molecule has 0 amide bonds. The highest BCUT2D eigenvalue weighted by molar-refractivity contribution is 6.35. The molecule has 1 aromatic rings. The number of halogens is 3. The number of nitrogens with one attached hydrogen (secondary N) is 1. The van der Waals surface area contributed by atoms with Crippen molar-refractivity contribution in [1.82, 2.24) is 10.2 Å². The molecule has 0 aliphatic carbocycles. The van der Waals surface area contributed by atoms with E-state index in [1.54, 1.807) is 0 Å². The van der Waals surface area contributed by atoms with Gasteiger partial charge in [-0.25, -0.2) is 4.39 Å². The topological polar surface area (TPSA) is 15.3 Å². The molecule has 2 nitrogen and oxygen atoms in total. The molecule has 1 aromatic carbocycles. The molecule has 1 fully saturated rings. The van der Waals surface area contributed by atoms with Gasteiger partial charge in [0.25, 0.3) is 0 Å². The molecular formula is C16H23Cl2FN2. The summed E-state index contributed by atoms with van der Waals surface area (Å²) in [6.45, 7) is 6.48. The number of hydrogen-bond donors (Lipinski definition) is 1. The third-order valence-corrected chi connectivity index (χ3v) is 4.67. The molecule has 1 atom stereocenters. The molecule has 1 N–H and O–H groups in total. The van der Waals surface area contributed by atoms with Gasteiger partial charge in [0.2, 0.25) is 0 Å². The molecule has 1 aliphatic heterocycles. The van der Waals surface area contributed by atoms with Crippen molar-refractivity contribution in [3.8, 4) is 0 Å². The van der Waals surface area contributed by atoms with Crippen LogP contribution in [-0.4, -0.2) is 31.1 Å². The fourth-order valence-electron chi connectivity index (χ4n) is 2.78. The number of nitrogens with zero attached hydrogens (tertiary/aromatic N) is 1. The highest BCUT2D eigenvalue weighted by Gasteiger charge is 2.13. The molecular weight excluding hydrogens is 310 g/mol. The first-order valence-corrected chi connectivity index (χ1v) is 8.43. The van der Waals surface area contributed by atoms with Crippen molar-refractivity contribution in [3.63, 3.8) is 0 Å². The highest BCUT2D eigenvalue weighted by Crippen LogP contribution is 2.28. The summed E-state index contributed by atoms with van der Waals surface area (Å²) < 4.78 is 13.5. The van der Waals surface area contributed by atoms with Gasteiger partial charge in [0.05, 0.1) is 5.02 Å². The normalized spacial score (nSPS) is 17.9. The van der Waals surface area contributed by atoms with Crippen molar-refractivity contribution in [2.75, 3.05) is 26.2 Å². The van der Waals surface area contributed by atoms with Crippen LogP contribution >= 0.6 is 23.2 Å². The van der Waals surface area contributed by atoms with E-state index in [0.717, 1.165) is 25.1 Å². The Bertz CT molecular complexity index is 462. The van der Waals surface area contributed by atoms with Crippen molar-refractivity contribution in [2.24, 2.45) is 0 Å². The van der Waals surface area contributed by atoms with Crippen molar-refractivity contribution in [3.05, 3.63) is 33.6 Å². The van der Waals surface area contributed by atoms with Gasteiger partial charge in [0, 0.05) is 11.1 Å². The van der Waals surface area contributed by atoms with Crippen molar-refractivity contribution in [2.45, 2.75) is 38.6 Å². The van der Waals surface area contributed by atoms with E-state index in [1.807, 2.05) is 6.92 Å². The third kappa shape index (κ3) is 5.10. The van der Waals surface area contributed by atoms with Crippen molar-refractivity contribution < 1.29 is 4.39 Å². The van der Waals surface area contributed by atoms with E-state index >= 15 is 0 Å². The van der Waals surface area contributed by atoms with E-state index in [-0.39, 0.29) is 11.1 Å². The van der Waals surface area contributed by atoms with E-state index in [4.69, 9.17) is 23.2 Å². The van der Waals surface area contributed by atoms with E-state index in [9.17, 15) is 4.39 Å². The maximum absolute atomic E-state index is 13.5. The van der Waals surface area contributed by atoms with Crippen LogP contribution in [0.25, 0.3) is 0 Å². The molecule has 118 valence electrons. The van der Waals surface area contributed by atoms with E-state index in [0.29, 0.717) is 5.02 Å². The number of benzene rings is 1. The maximum Gasteiger partial charge on any atom is 0.142 e. The lowest BCUT2D eigenvalue weighted by Crippen LogP contribution is -2.32.